The fourth-order valence-corrected chi connectivity index (χ4v) is 4.17. The number of amides is 1. The van der Waals surface area contributed by atoms with Gasteiger partial charge in [0.15, 0.2) is 11.5 Å². The highest BCUT2D eigenvalue weighted by Gasteiger charge is 2.22. The van der Waals surface area contributed by atoms with Gasteiger partial charge >= 0.3 is 0 Å². The van der Waals surface area contributed by atoms with Crippen LogP contribution in [-0.4, -0.2) is 29.8 Å². The molecule has 32 heavy (non-hydrogen) atoms. The van der Waals surface area contributed by atoms with Gasteiger partial charge in [0.2, 0.25) is 11.0 Å². The summed E-state index contributed by atoms with van der Waals surface area (Å²) in [6.07, 6.45) is 5.12. The molecule has 166 valence electrons. The zero-order valence-corrected chi connectivity index (χ0v) is 18.9. The van der Waals surface area contributed by atoms with Crippen molar-refractivity contribution in [2.75, 3.05) is 19.0 Å². The normalized spacial score (nSPS) is 15.8. The summed E-state index contributed by atoms with van der Waals surface area (Å²) in [4.78, 5) is 12.3. The summed E-state index contributed by atoms with van der Waals surface area (Å²) in [5, 5.41) is 12.2. The zero-order chi connectivity index (χ0) is 22.3. The molecular weight excluding hydrogens is 426 g/mol. The molecule has 0 spiro atoms. The molecule has 1 aliphatic heterocycles. The molecule has 1 N–H and O–H groups in total. The Bertz CT molecular complexity index is 1110. The summed E-state index contributed by atoms with van der Waals surface area (Å²) in [7, 11) is 1.59. The molecule has 1 unspecified atom stereocenters. The number of nitrogens with one attached hydrogen (secondary N) is 1. The van der Waals surface area contributed by atoms with E-state index in [1.54, 1.807) is 13.2 Å². The van der Waals surface area contributed by atoms with Gasteiger partial charge in [-0.3, -0.25) is 10.1 Å². The summed E-state index contributed by atoms with van der Waals surface area (Å²) >= 11 is 1.34. The van der Waals surface area contributed by atoms with E-state index in [1.165, 1.54) is 23.0 Å². The highest BCUT2D eigenvalue weighted by atomic mass is 32.1. The molecule has 8 heteroatoms. The number of hydrogen-bond acceptors (Lipinski definition) is 7. The minimum absolute atomic E-state index is 0.00676. The summed E-state index contributed by atoms with van der Waals surface area (Å²) in [5.74, 6) is 0.971. The number of aromatic nitrogens is 2. The molecule has 1 amide bonds. The van der Waals surface area contributed by atoms with Gasteiger partial charge in [-0.25, -0.2) is 0 Å². The van der Waals surface area contributed by atoms with Gasteiger partial charge in [-0.05, 0) is 54.7 Å². The number of aryl methyl sites for hydroxylation is 1. The highest BCUT2D eigenvalue weighted by molar-refractivity contribution is 7.15. The molecule has 0 bridgehead atoms. The molecule has 1 atom stereocenters. The second kappa shape index (κ2) is 10.4. The van der Waals surface area contributed by atoms with Crippen LogP contribution in [0, 0.1) is 6.92 Å². The number of hydrogen-bond donors (Lipinski definition) is 1. The van der Waals surface area contributed by atoms with Crippen LogP contribution in [0.5, 0.6) is 11.5 Å². The van der Waals surface area contributed by atoms with Gasteiger partial charge < -0.3 is 14.2 Å². The van der Waals surface area contributed by atoms with Gasteiger partial charge in [0.1, 0.15) is 17.7 Å². The third kappa shape index (κ3) is 5.52. The number of nitrogens with zero attached hydrogens (tertiary/aromatic N) is 2. The molecular formula is C24H25N3O4S. The maximum Gasteiger partial charge on any atom is 0.250 e. The molecule has 0 saturated carbocycles. The van der Waals surface area contributed by atoms with Crippen LogP contribution in [0.25, 0.3) is 6.08 Å². The number of anilines is 1. The van der Waals surface area contributed by atoms with E-state index in [1.807, 2.05) is 36.4 Å². The van der Waals surface area contributed by atoms with Crippen molar-refractivity contribution < 1.29 is 19.0 Å². The smallest absolute Gasteiger partial charge is 0.250 e. The predicted octanol–water partition coefficient (Wildman–Crippen LogP) is 4.94. The second-order valence-electron chi connectivity index (χ2n) is 7.40. The SMILES string of the molecule is COc1cc(/C=C/C(=O)Nc2nnc(C3CCCO3)s2)ccc1OCc1ccccc1C. The Morgan fingerprint density at radius 1 is 1.25 bits per heavy atom. The van der Waals surface area contributed by atoms with E-state index < -0.39 is 0 Å². The molecule has 7 nitrogen and oxygen atoms in total. The minimum Gasteiger partial charge on any atom is -0.493 e. The average molecular weight is 452 g/mol. The van der Waals surface area contributed by atoms with Crippen LogP contribution < -0.4 is 14.8 Å². The van der Waals surface area contributed by atoms with E-state index in [0.29, 0.717) is 23.2 Å². The van der Waals surface area contributed by atoms with Gasteiger partial charge in [0, 0.05) is 12.7 Å². The quantitative estimate of drug-likeness (QED) is 0.489. The Labute approximate surface area is 191 Å². The lowest BCUT2D eigenvalue weighted by molar-refractivity contribution is -0.111. The van der Waals surface area contributed by atoms with Crippen molar-refractivity contribution in [2.45, 2.75) is 32.5 Å². The molecule has 2 aromatic carbocycles. The van der Waals surface area contributed by atoms with Crippen molar-refractivity contribution in [1.82, 2.24) is 10.2 Å². The van der Waals surface area contributed by atoms with Gasteiger partial charge in [-0.1, -0.05) is 41.7 Å². The zero-order valence-electron chi connectivity index (χ0n) is 18.0. The van der Waals surface area contributed by atoms with E-state index >= 15 is 0 Å². The Balaban J connectivity index is 1.36. The summed E-state index contributed by atoms with van der Waals surface area (Å²) < 4.78 is 17.0. The van der Waals surface area contributed by atoms with Crippen molar-refractivity contribution in [3.05, 3.63) is 70.2 Å². The molecule has 1 fully saturated rings. The first-order chi connectivity index (χ1) is 15.6. The number of carbonyl (C=O) groups excluding carboxylic acids is 1. The topological polar surface area (TPSA) is 82.6 Å². The van der Waals surface area contributed by atoms with E-state index in [9.17, 15) is 4.79 Å². The maximum atomic E-state index is 12.3. The number of ether oxygens (including phenoxy) is 3. The predicted molar refractivity (Wildman–Crippen MR) is 124 cm³/mol. The van der Waals surface area contributed by atoms with Gasteiger partial charge in [-0.15, -0.1) is 10.2 Å². The highest BCUT2D eigenvalue weighted by Crippen LogP contribution is 2.32. The second-order valence-corrected chi connectivity index (χ2v) is 8.40. The molecule has 0 aliphatic carbocycles. The molecule has 1 aliphatic rings. The maximum absolute atomic E-state index is 12.3. The van der Waals surface area contributed by atoms with Crippen LogP contribution in [-0.2, 0) is 16.1 Å². The first-order valence-electron chi connectivity index (χ1n) is 10.4. The molecule has 0 radical (unpaired) electrons. The average Bonchev–Trinajstić information content (AvgIpc) is 3.49. The lowest BCUT2D eigenvalue weighted by Gasteiger charge is -2.12. The molecule has 3 aromatic rings. The Morgan fingerprint density at radius 2 is 2.12 bits per heavy atom. The third-order valence-corrected chi connectivity index (χ3v) is 6.07. The number of methoxy groups -OCH3 is 1. The van der Waals surface area contributed by atoms with Crippen LogP contribution in [0.4, 0.5) is 5.13 Å². The first kappa shape index (κ1) is 22.0. The summed E-state index contributed by atoms with van der Waals surface area (Å²) in [6.45, 7) is 3.25. The van der Waals surface area contributed by atoms with E-state index in [-0.39, 0.29) is 12.0 Å². The number of carbonyl (C=O) groups is 1. The standard InChI is InChI=1S/C24H25N3O4S/c1-16-6-3-4-7-18(16)15-31-19-11-9-17(14-21(19)29-2)10-12-22(28)25-24-27-26-23(32-24)20-8-5-13-30-20/h3-4,6-7,9-12,14,20H,5,8,13,15H2,1-2H3,(H,25,27,28)/b12-10+. The lowest BCUT2D eigenvalue weighted by atomic mass is 10.1. The Morgan fingerprint density at radius 3 is 2.91 bits per heavy atom. The van der Waals surface area contributed by atoms with Crippen LogP contribution in [0.2, 0.25) is 0 Å². The summed E-state index contributed by atoms with van der Waals surface area (Å²) in [6, 6.07) is 13.6. The Kier molecular flexibility index (Phi) is 7.14. The first-order valence-corrected chi connectivity index (χ1v) is 11.2. The third-order valence-electron chi connectivity index (χ3n) is 5.14. The largest absolute Gasteiger partial charge is 0.493 e. The van der Waals surface area contributed by atoms with Crippen LogP contribution >= 0.6 is 11.3 Å². The van der Waals surface area contributed by atoms with Crippen molar-refractivity contribution in [2.24, 2.45) is 0 Å². The van der Waals surface area contributed by atoms with Crippen molar-refractivity contribution in [1.29, 1.82) is 0 Å². The van der Waals surface area contributed by atoms with Gasteiger partial charge in [0.25, 0.3) is 0 Å². The molecule has 4 rings (SSSR count). The lowest BCUT2D eigenvalue weighted by Crippen LogP contribution is -2.07. The van der Waals surface area contributed by atoms with E-state index in [4.69, 9.17) is 14.2 Å². The molecule has 2 heterocycles. The Hall–Kier alpha value is -3.23. The van der Waals surface area contributed by atoms with Crippen LogP contribution in [0.15, 0.2) is 48.5 Å². The van der Waals surface area contributed by atoms with Gasteiger partial charge in [-0.2, -0.15) is 0 Å². The molecule has 1 saturated heterocycles. The molecule has 1 aromatic heterocycles. The fraction of sp³-hybridized carbons (Fsp3) is 0.292. The van der Waals surface area contributed by atoms with Crippen LogP contribution in [0.1, 0.15) is 40.6 Å². The van der Waals surface area contributed by atoms with Crippen molar-refractivity contribution in [3.8, 4) is 11.5 Å². The number of benzene rings is 2. The van der Waals surface area contributed by atoms with E-state index in [0.717, 1.165) is 35.6 Å². The monoisotopic (exact) mass is 451 g/mol. The minimum atomic E-state index is -0.279. The van der Waals surface area contributed by atoms with Gasteiger partial charge in [0.05, 0.1) is 7.11 Å². The van der Waals surface area contributed by atoms with E-state index in [2.05, 4.69) is 28.5 Å². The summed E-state index contributed by atoms with van der Waals surface area (Å²) in [5.41, 5.74) is 3.11. The number of rotatable bonds is 8. The van der Waals surface area contributed by atoms with Crippen LogP contribution in [0.3, 0.4) is 0 Å². The van der Waals surface area contributed by atoms with Crippen molar-refractivity contribution >= 4 is 28.5 Å². The fourth-order valence-electron chi connectivity index (χ4n) is 3.34. The van der Waals surface area contributed by atoms with Crippen molar-refractivity contribution in [3.63, 3.8) is 0 Å².